The summed E-state index contributed by atoms with van der Waals surface area (Å²) >= 11 is 0. The summed E-state index contributed by atoms with van der Waals surface area (Å²) in [5.74, 6) is 5.80. The number of hydrogen-bond donors (Lipinski definition) is 0. The molecule has 0 heterocycles. The second kappa shape index (κ2) is 9.87. The second-order valence-electron chi connectivity index (χ2n) is 5.45. The molecule has 2 aromatic rings. The Bertz CT molecular complexity index is 736. The molecule has 24 heavy (non-hydrogen) atoms. The van der Waals surface area contributed by atoms with Gasteiger partial charge in [-0.1, -0.05) is 60.4 Å². The molecule has 0 fully saturated rings. The van der Waals surface area contributed by atoms with E-state index in [1.54, 1.807) is 11.0 Å². The SMILES string of the molecule is N#CC(=O)N(CCCCC#Cc1ccccc1)Cc1ccccc1. The summed E-state index contributed by atoms with van der Waals surface area (Å²) < 4.78 is 0. The zero-order valence-corrected chi connectivity index (χ0v) is 13.6. The van der Waals surface area contributed by atoms with Crippen molar-refractivity contribution in [3.63, 3.8) is 0 Å². The lowest BCUT2D eigenvalue weighted by Gasteiger charge is -2.19. The minimum Gasteiger partial charge on any atom is -0.326 e. The zero-order chi connectivity index (χ0) is 17.0. The highest BCUT2D eigenvalue weighted by Gasteiger charge is 2.12. The van der Waals surface area contributed by atoms with Gasteiger partial charge in [-0.25, -0.2) is 0 Å². The standard InChI is InChI=1S/C21H20N2O/c22-17-21(24)23(18-20-14-8-4-9-15-20)16-10-2-1-5-11-19-12-6-3-7-13-19/h3-4,6-9,12-15H,1-2,10,16,18H2. The van der Waals surface area contributed by atoms with Gasteiger partial charge in [-0.15, -0.1) is 0 Å². The molecule has 0 bridgehead atoms. The Morgan fingerprint density at radius 1 is 0.958 bits per heavy atom. The fraction of sp³-hybridized carbons (Fsp3) is 0.238. The molecule has 0 saturated carbocycles. The number of hydrogen-bond acceptors (Lipinski definition) is 2. The third kappa shape index (κ3) is 5.99. The van der Waals surface area contributed by atoms with Gasteiger partial charge in [0.25, 0.3) is 0 Å². The van der Waals surface area contributed by atoms with Crippen molar-refractivity contribution in [3.8, 4) is 17.9 Å². The Balaban J connectivity index is 1.78. The van der Waals surface area contributed by atoms with Crippen molar-refractivity contribution in [1.82, 2.24) is 4.90 Å². The van der Waals surface area contributed by atoms with Gasteiger partial charge in [-0.3, -0.25) is 4.79 Å². The summed E-state index contributed by atoms with van der Waals surface area (Å²) in [5, 5.41) is 8.89. The predicted molar refractivity (Wildman–Crippen MR) is 94.6 cm³/mol. The molecule has 0 N–H and O–H groups in total. The Morgan fingerprint density at radius 3 is 2.29 bits per heavy atom. The topological polar surface area (TPSA) is 44.1 Å². The van der Waals surface area contributed by atoms with Crippen LogP contribution in [0, 0.1) is 23.2 Å². The number of unbranched alkanes of at least 4 members (excludes halogenated alkanes) is 2. The fourth-order valence-electron chi connectivity index (χ4n) is 2.33. The lowest BCUT2D eigenvalue weighted by Crippen LogP contribution is -2.30. The highest BCUT2D eigenvalue weighted by molar-refractivity contribution is 5.91. The summed E-state index contributed by atoms with van der Waals surface area (Å²) in [6.07, 6.45) is 2.53. The van der Waals surface area contributed by atoms with Gasteiger partial charge in [0, 0.05) is 25.1 Å². The van der Waals surface area contributed by atoms with Gasteiger partial charge in [0.05, 0.1) is 0 Å². The van der Waals surface area contributed by atoms with Crippen LogP contribution in [0.15, 0.2) is 60.7 Å². The van der Waals surface area contributed by atoms with Crippen LogP contribution in [-0.4, -0.2) is 17.4 Å². The van der Waals surface area contributed by atoms with E-state index in [2.05, 4.69) is 11.8 Å². The number of carbonyl (C=O) groups excluding carboxylic acids is 1. The molecule has 3 heteroatoms. The lowest BCUT2D eigenvalue weighted by atomic mass is 10.1. The normalized spacial score (nSPS) is 9.46. The van der Waals surface area contributed by atoms with Crippen molar-refractivity contribution in [2.75, 3.05) is 6.54 Å². The summed E-state index contributed by atoms with van der Waals surface area (Å²) in [7, 11) is 0. The Morgan fingerprint density at radius 2 is 1.62 bits per heavy atom. The van der Waals surface area contributed by atoms with E-state index in [4.69, 9.17) is 5.26 Å². The second-order valence-corrected chi connectivity index (χ2v) is 5.45. The van der Waals surface area contributed by atoms with Crippen LogP contribution in [0.2, 0.25) is 0 Å². The molecular formula is C21H20N2O. The highest BCUT2D eigenvalue weighted by atomic mass is 16.2. The van der Waals surface area contributed by atoms with Crippen molar-refractivity contribution in [2.24, 2.45) is 0 Å². The molecule has 0 aromatic heterocycles. The fourth-order valence-corrected chi connectivity index (χ4v) is 2.33. The van der Waals surface area contributed by atoms with Crippen molar-refractivity contribution < 1.29 is 4.79 Å². The van der Waals surface area contributed by atoms with E-state index >= 15 is 0 Å². The lowest BCUT2D eigenvalue weighted by molar-refractivity contribution is -0.126. The Hall–Kier alpha value is -3.04. The minimum atomic E-state index is -0.478. The van der Waals surface area contributed by atoms with E-state index in [-0.39, 0.29) is 0 Å². The minimum absolute atomic E-state index is 0.475. The van der Waals surface area contributed by atoms with Gasteiger partial charge >= 0.3 is 5.91 Å². The summed E-state index contributed by atoms with van der Waals surface area (Å²) in [5.41, 5.74) is 2.05. The molecule has 0 aliphatic carbocycles. The maximum absolute atomic E-state index is 11.8. The number of carbonyl (C=O) groups is 1. The number of amides is 1. The predicted octanol–water partition coefficient (Wildman–Crippen LogP) is 3.76. The first-order valence-electron chi connectivity index (χ1n) is 8.06. The molecular weight excluding hydrogens is 296 g/mol. The largest absolute Gasteiger partial charge is 0.326 e. The van der Waals surface area contributed by atoms with Gasteiger partial charge in [0.15, 0.2) is 6.07 Å². The van der Waals surface area contributed by atoms with E-state index in [0.29, 0.717) is 13.1 Å². The molecule has 1 amide bonds. The van der Waals surface area contributed by atoms with Crippen LogP contribution < -0.4 is 0 Å². The monoisotopic (exact) mass is 316 g/mol. The van der Waals surface area contributed by atoms with Gasteiger partial charge < -0.3 is 4.90 Å². The summed E-state index contributed by atoms with van der Waals surface area (Å²) in [4.78, 5) is 13.4. The number of nitrogens with zero attached hydrogens (tertiary/aromatic N) is 2. The van der Waals surface area contributed by atoms with Crippen LogP contribution in [0.5, 0.6) is 0 Å². The first kappa shape index (κ1) is 17.3. The molecule has 0 spiro atoms. The molecule has 2 rings (SSSR count). The van der Waals surface area contributed by atoms with E-state index in [9.17, 15) is 4.79 Å². The average Bonchev–Trinajstić information content (AvgIpc) is 2.64. The van der Waals surface area contributed by atoms with Crippen molar-refractivity contribution in [3.05, 3.63) is 71.8 Å². The van der Waals surface area contributed by atoms with Gasteiger partial charge in [-0.05, 0) is 30.5 Å². The van der Waals surface area contributed by atoms with Crippen molar-refractivity contribution in [2.45, 2.75) is 25.8 Å². The summed E-state index contributed by atoms with van der Waals surface area (Å²) in [6, 6.07) is 21.3. The molecule has 2 aromatic carbocycles. The number of rotatable bonds is 6. The third-order valence-electron chi connectivity index (χ3n) is 3.59. The molecule has 0 radical (unpaired) electrons. The maximum atomic E-state index is 11.8. The maximum Gasteiger partial charge on any atom is 0.325 e. The summed E-state index contributed by atoms with van der Waals surface area (Å²) in [6.45, 7) is 1.05. The van der Waals surface area contributed by atoms with Crippen LogP contribution in [-0.2, 0) is 11.3 Å². The third-order valence-corrected chi connectivity index (χ3v) is 3.59. The highest BCUT2D eigenvalue weighted by Crippen LogP contribution is 2.07. The van der Waals surface area contributed by atoms with Crippen LogP contribution in [0.3, 0.4) is 0 Å². The van der Waals surface area contributed by atoms with E-state index < -0.39 is 5.91 Å². The van der Waals surface area contributed by atoms with Crippen molar-refractivity contribution >= 4 is 5.91 Å². The quantitative estimate of drug-likeness (QED) is 0.463. The molecule has 0 unspecified atom stereocenters. The van der Waals surface area contributed by atoms with E-state index in [1.165, 1.54) is 0 Å². The molecule has 0 saturated heterocycles. The molecule has 0 aliphatic rings. The molecule has 0 aliphatic heterocycles. The number of benzene rings is 2. The van der Waals surface area contributed by atoms with Crippen molar-refractivity contribution in [1.29, 1.82) is 5.26 Å². The first-order chi connectivity index (χ1) is 11.8. The van der Waals surface area contributed by atoms with Crippen LogP contribution in [0.4, 0.5) is 0 Å². The van der Waals surface area contributed by atoms with Crippen LogP contribution >= 0.6 is 0 Å². The van der Waals surface area contributed by atoms with Gasteiger partial charge in [0.2, 0.25) is 0 Å². The average molecular weight is 316 g/mol. The Kier molecular flexibility index (Phi) is 7.12. The molecule has 3 nitrogen and oxygen atoms in total. The molecule has 0 atom stereocenters. The Labute approximate surface area is 143 Å². The van der Waals surface area contributed by atoms with E-state index in [0.717, 1.165) is 30.4 Å². The van der Waals surface area contributed by atoms with E-state index in [1.807, 2.05) is 60.7 Å². The van der Waals surface area contributed by atoms with Gasteiger partial charge in [-0.2, -0.15) is 5.26 Å². The van der Waals surface area contributed by atoms with Crippen LogP contribution in [0.1, 0.15) is 30.4 Å². The smallest absolute Gasteiger partial charge is 0.325 e. The first-order valence-corrected chi connectivity index (χ1v) is 8.06. The van der Waals surface area contributed by atoms with Crippen LogP contribution in [0.25, 0.3) is 0 Å². The zero-order valence-electron chi connectivity index (χ0n) is 13.6. The number of nitriles is 1. The van der Waals surface area contributed by atoms with Gasteiger partial charge in [0.1, 0.15) is 0 Å². The molecule has 120 valence electrons.